The predicted molar refractivity (Wildman–Crippen MR) is 66.0 cm³/mol. The lowest BCUT2D eigenvalue weighted by molar-refractivity contribution is -0.115. The highest BCUT2D eigenvalue weighted by molar-refractivity contribution is 8.14. The molecule has 84 valence electrons. The highest BCUT2D eigenvalue weighted by Crippen LogP contribution is 2.18. The van der Waals surface area contributed by atoms with Gasteiger partial charge in [-0.25, -0.2) is 0 Å². The summed E-state index contributed by atoms with van der Waals surface area (Å²) in [6, 6.07) is 0.0622. The summed E-state index contributed by atoms with van der Waals surface area (Å²) in [4.78, 5) is 20.2. The molecule has 5 heteroatoms. The van der Waals surface area contributed by atoms with Crippen LogP contribution in [0.1, 0.15) is 20.8 Å². The molecule has 1 unspecified atom stereocenters. The molecule has 0 aromatic rings. The Morgan fingerprint density at radius 3 is 2.73 bits per heavy atom. The first-order chi connectivity index (χ1) is 7.04. The fourth-order valence-electron chi connectivity index (χ4n) is 1.37. The van der Waals surface area contributed by atoms with Gasteiger partial charge in [0, 0.05) is 18.8 Å². The maximum Gasteiger partial charge on any atom is 0.267 e. The molecule has 15 heavy (non-hydrogen) atoms. The third kappa shape index (κ3) is 3.34. The number of hydrogen-bond donors (Lipinski definition) is 1. The largest absolute Gasteiger partial charge is 0.349 e. The molecule has 0 aromatic heterocycles. The lowest BCUT2D eigenvalue weighted by Crippen LogP contribution is -2.41. The average molecular weight is 227 g/mol. The summed E-state index contributed by atoms with van der Waals surface area (Å²) in [5.41, 5.74) is 0.535. The van der Waals surface area contributed by atoms with Crippen molar-refractivity contribution < 1.29 is 4.79 Å². The molecule has 1 atom stereocenters. The molecule has 0 radical (unpaired) electrons. The van der Waals surface area contributed by atoms with Gasteiger partial charge in [0.15, 0.2) is 0 Å². The van der Waals surface area contributed by atoms with Crippen LogP contribution in [0.5, 0.6) is 0 Å². The van der Waals surface area contributed by atoms with E-state index in [2.05, 4.69) is 15.3 Å². The summed E-state index contributed by atoms with van der Waals surface area (Å²) < 4.78 is 0. The zero-order valence-electron chi connectivity index (χ0n) is 9.57. The monoisotopic (exact) mass is 227 g/mol. The Kier molecular flexibility index (Phi) is 4.32. The van der Waals surface area contributed by atoms with Crippen molar-refractivity contribution in [1.82, 2.24) is 5.32 Å². The van der Waals surface area contributed by atoms with Gasteiger partial charge in [0.1, 0.15) is 11.8 Å². The number of nitrogens with zero attached hydrogens (tertiary/aromatic N) is 2. The summed E-state index contributed by atoms with van der Waals surface area (Å²) in [7, 11) is 1.64. The lowest BCUT2D eigenvalue weighted by Gasteiger charge is -2.12. The molecule has 0 saturated carbocycles. The van der Waals surface area contributed by atoms with E-state index in [9.17, 15) is 4.79 Å². The smallest absolute Gasteiger partial charge is 0.267 e. The highest BCUT2D eigenvalue weighted by atomic mass is 32.2. The number of carbonyl (C=O) groups is 1. The van der Waals surface area contributed by atoms with Crippen LogP contribution in [-0.2, 0) is 4.79 Å². The van der Waals surface area contributed by atoms with E-state index >= 15 is 0 Å². The van der Waals surface area contributed by atoms with Gasteiger partial charge in [-0.2, -0.15) is 0 Å². The molecule has 1 amide bonds. The zero-order chi connectivity index (χ0) is 11.4. The normalized spacial score (nSPS) is 21.8. The number of amides is 1. The number of thioether (sulfide) groups is 1. The molecule has 1 heterocycles. The van der Waals surface area contributed by atoms with Crippen LogP contribution in [-0.4, -0.2) is 41.5 Å². The minimum absolute atomic E-state index is 0.0706. The molecular formula is C10H17N3OS. The molecule has 0 aromatic carbocycles. The maximum absolute atomic E-state index is 11.8. The first-order valence-corrected chi connectivity index (χ1v) is 5.98. The molecule has 4 nitrogen and oxygen atoms in total. The Morgan fingerprint density at radius 1 is 1.67 bits per heavy atom. The van der Waals surface area contributed by atoms with Gasteiger partial charge in [-0.15, -0.1) is 11.8 Å². The van der Waals surface area contributed by atoms with Crippen LogP contribution in [0, 0.1) is 0 Å². The lowest BCUT2D eigenvalue weighted by atomic mass is 10.2. The van der Waals surface area contributed by atoms with Crippen LogP contribution in [0.15, 0.2) is 9.98 Å². The second-order valence-electron chi connectivity index (χ2n) is 3.71. The van der Waals surface area contributed by atoms with E-state index in [0.717, 1.165) is 10.8 Å². The molecule has 1 rings (SSSR count). The van der Waals surface area contributed by atoms with Crippen molar-refractivity contribution in [2.24, 2.45) is 9.98 Å². The van der Waals surface area contributed by atoms with Gasteiger partial charge in [0.05, 0.1) is 5.04 Å². The van der Waals surface area contributed by atoms with E-state index in [0.29, 0.717) is 5.71 Å². The molecule has 0 bridgehead atoms. The molecule has 0 spiro atoms. The van der Waals surface area contributed by atoms with Crippen molar-refractivity contribution >= 4 is 28.4 Å². The second-order valence-corrected chi connectivity index (χ2v) is 4.92. The minimum Gasteiger partial charge on any atom is -0.349 e. The second kappa shape index (κ2) is 5.30. The number of hydrogen-bond acceptors (Lipinski definition) is 4. The summed E-state index contributed by atoms with van der Waals surface area (Å²) in [6.07, 6.45) is 0. The first-order valence-electron chi connectivity index (χ1n) is 4.99. The van der Waals surface area contributed by atoms with Crippen LogP contribution in [0.3, 0.4) is 0 Å². The van der Waals surface area contributed by atoms with E-state index in [-0.39, 0.29) is 18.0 Å². The highest BCUT2D eigenvalue weighted by Gasteiger charge is 2.26. The quantitative estimate of drug-likeness (QED) is 0.734. The third-order valence-corrected chi connectivity index (χ3v) is 3.00. The SMILES string of the molecule is CN=C(C(=O)NC(C)C)C1CSC(C)=N1. The molecule has 1 N–H and O–H groups in total. The fourth-order valence-corrected chi connectivity index (χ4v) is 2.20. The summed E-state index contributed by atoms with van der Waals surface area (Å²) in [5.74, 6) is 0.723. The van der Waals surface area contributed by atoms with Crippen LogP contribution < -0.4 is 5.32 Å². The minimum atomic E-state index is -0.100. The molecule has 0 fully saturated rings. The van der Waals surface area contributed by atoms with Gasteiger partial charge >= 0.3 is 0 Å². The number of carbonyl (C=O) groups excluding carboxylic acids is 1. The number of aliphatic imine (C=N–C) groups is 2. The Balaban J connectivity index is 2.69. The van der Waals surface area contributed by atoms with Crippen molar-refractivity contribution in [3.8, 4) is 0 Å². The van der Waals surface area contributed by atoms with E-state index in [1.807, 2.05) is 20.8 Å². The topological polar surface area (TPSA) is 53.8 Å². The Bertz CT molecular complexity index is 310. The predicted octanol–water partition coefficient (Wildman–Crippen LogP) is 1.12. The van der Waals surface area contributed by atoms with Crippen LogP contribution in [0.25, 0.3) is 0 Å². The van der Waals surface area contributed by atoms with E-state index in [4.69, 9.17) is 0 Å². The van der Waals surface area contributed by atoms with Gasteiger partial charge in [-0.05, 0) is 20.8 Å². The van der Waals surface area contributed by atoms with Gasteiger partial charge < -0.3 is 5.32 Å². The third-order valence-electron chi connectivity index (χ3n) is 2.00. The van der Waals surface area contributed by atoms with Gasteiger partial charge in [0.2, 0.25) is 0 Å². The summed E-state index contributed by atoms with van der Waals surface area (Å²) in [5, 5.41) is 3.86. The Morgan fingerprint density at radius 2 is 2.33 bits per heavy atom. The van der Waals surface area contributed by atoms with Crippen molar-refractivity contribution in [1.29, 1.82) is 0 Å². The molecular weight excluding hydrogens is 210 g/mol. The number of rotatable bonds is 3. The van der Waals surface area contributed by atoms with Crippen molar-refractivity contribution in [2.45, 2.75) is 32.9 Å². The average Bonchev–Trinajstić information content (AvgIpc) is 2.51. The number of nitrogens with one attached hydrogen (secondary N) is 1. The van der Waals surface area contributed by atoms with Crippen molar-refractivity contribution in [3.63, 3.8) is 0 Å². The molecule has 1 aliphatic heterocycles. The van der Waals surface area contributed by atoms with Crippen molar-refractivity contribution in [2.75, 3.05) is 12.8 Å². The Labute approximate surface area is 94.6 Å². The van der Waals surface area contributed by atoms with Crippen LogP contribution in [0.4, 0.5) is 0 Å². The van der Waals surface area contributed by atoms with Gasteiger partial charge in [-0.1, -0.05) is 0 Å². The Hall–Kier alpha value is -0.840. The zero-order valence-corrected chi connectivity index (χ0v) is 10.4. The van der Waals surface area contributed by atoms with Crippen LogP contribution in [0.2, 0.25) is 0 Å². The van der Waals surface area contributed by atoms with Gasteiger partial charge in [-0.3, -0.25) is 14.8 Å². The molecule has 0 aliphatic carbocycles. The van der Waals surface area contributed by atoms with E-state index in [1.54, 1.807) is 18.8 Å². The first kappa shape index (κ1) is 12.2. The maximum atomic E-state index is 11.8. The summed E-state index contributed by atoms with van der Waals surface area (Å²) in [6.45, 7) is 5.82. The standard InChI is InChI=1S/C10H17N3OS/c1-6(2)12-10(14)9(11-4)8-5-15-7(3)13-8/h6,8H,5H2,1-4H3,(H,12,14). The van der Waals surface area contributed by atoms with Crippen molar-refractivity contribution in [3.05, 3.63) is 0 Å². The van der Waals surface area contributed by atoms with Gasteiger partial charge in [0.25, 0.3) is 5.91 Å². The summed E-state index contributed by atoms with van der Waals surface area (Å²) >= 11 is 1.67. The molecule has 1 aliphatic rings. The van der Waals surface area contributed by atoms with E-state index in [1.165, 1.54) is 0 Å². The van der Waals surface area contributed by atoms with E-state index < -0.39 is 0 Å². The van der Waals surface area contributed by atoms with Crippen LogP contribution >= 0.6 is 11.8 Å². The fraction of sp³-hybridized carbons (Fsp3) is 0.700. The molecule has 0 saturated heterocycles.